The summed E-state index contributed by atoms with van der Waals surface area (Å²) < 4.78 is 18.7. The Balaban J connectivity index is 1.30. The zero-order valence-electron chi connectivity index (χ0n) is 23.2. The third-order valence-corrected chi connectivity index (χ3v) is 8.56. The highest BCUT2D eigenvalue weighted by Crippen LogP contribution is 2.45. The number of furan rings is 3. The molecule has 0 atom stereocenters. The van der Waals surface area contributed by atoms with Gasteiger partial charge >= 0.3 is 0 Å². The Kier molecular flexibility index (Phi) is 4.63. The summed E-state index contributed by atoms with van der Waals surface area (Å²) in [6, 6.07) is 39.2. The first-order chi connectivity index (χ1) is 21.8. The molecule has 0 fully saturated rings. The molecule has 6 heteroatoms. The van der Waals surface area contributed by atoms with Crippen molar-refractivity contribution >= 4 is 93.9 Å². The molecule has 5 aromatic heterocycles. The number of para-hydroxylation sites is 2. The largest absolute Gasteiger partial charge is 0.455 e. The van der Waals surface area contributed by atoms with Gasteiger partial charge in [0, 0.05) is 21.5 Å². The van der Waals surface area contributed by atoms with Crippen molar-refractivity contribution in [2.45, 2.75) is 0 Å². The summed E-state index contributed by atoms with van der Waals surface area (Å²) in [6.45, 7) is 0. The summed E-state index contributed by atoms with van der Waals surface area (Å²) in [5.74, 6) is 0. The van der Waals surface area contributed by atoms with Gasteiger partial charge in [0.2, 0.25) is 11.4 Å². The lowest BCUT2D eigenvalue weighted by Gasteiger charge is -2.25. The summed E-state index contributed by atoms with van der Waals surface area (Å²) in [4.78, 5) is 11.8. The third-order valence-electron chi connectivity index (χ3n) is 8.56. The van der Waals surface area contributed by atoms with Crippen LogP contribution in [-0.4, -0.2) is 9.97 Å². The second-order valence-corrected chi connectivity index (χ2v) is 11.0. The lowest BCUT2D eigenvalue weighted by Crippen LogP contribution is -2.11. The maximum absolute atomic E-state index is 6.57. The van der Waals surface area contributed by atoms with E-state index in [4.69, 9.17) is 23.2 Å². The number of pyridine rings is 2. The maximum atomic E-state index is 6.57. The molecule has 0 aliphatic heterocycles. The van der Waals surface area contributed by atoms with Crippen molar-refractivity contribution in [2.24, 2.45) is 0 Å². The predicted molar refractivity (Wildman–Crippen MR) is 176 cm³/mol. The highest BCUT2D eigenvalue weighted by atomic mass is 16.3. The van der Waals surface area contributed by atoms with E-state index in [1.54, 1.807) is 0 Å². The summed E-state index contributed by atoms with van der Waals surface area (Å²) in [5, 5.41) is 8.21. The standard InChI is InChI=1S/C38H21N3O3/c1-2-9-25-22(8-1)16-17-28-35-31(12-7-15-34(35)42-36(25)28)41(23-18-29-26-10-3-5-13-32(26)43-37(29)39-20-23)24-19-30-27-11-4-6-14-33(27)44-38(30)40-21-24/h1-21H. The van der Waals surface area contributed by atoms with E-state index in [2.05, 4.69) is 71.6 Å². The average Bonchev–Trinajstić information content (AvgIpc) is 3.76. The molecule has 5 heterocycles. The molecule has 0 radical (unpaired) electrons. The molecule has 206 valence electrons. The molecule has 0 saturated heterocycles. The number of hydrogen-bond acceptors (Lipinski definition) is 6. The quantitative estimate of drug-likeness (QED) is 0.212. The van der Waals surface area contributed by atoms with Crippen LogP contribution in [0.25, 0.3) is 76.8 Å². The van der Waals surface area contributed by atoms with E-state index in [1.165, 1.54) is 0 Å². The molecule has 0 aliphatic carbocycles. The van der Waals surface area contributed by atoms with Crippen LogP contribution in [-0.2, 0) is 0 Å². The van der Waals surface area contributed by atoms with Gasteiger partial charge in [-0.15, -0.1) is 0 Å². The lowest BCUT2D eigenvalue weighted by atomic mass is 10.0. The summed E-state index contributed by atoms with van der Waals surface area (Å²) >= 11 is 0. The molecule has 0 aliphatic rings. The van der Waals surface area contributed by atoms with Gasteiger partial charge in [0.15, 0.2) is 0 Å². The van der Waals surface area contributed by atoms with Crippen molar-refractivity contribution in [2.75, 3.05) is 4.90 Å². The van der Waals surface area contributed by atoms with Crippen LogP contribution in [0.1, 0.15) is 0 Å². The van der Waals surface area contributed by atoms with Crippen LogP contribution in [0, 0.1) is 0 Å². The van der Waals surface area contributed by atoms with Crippen molar-refractivity contribution < 1.29 is 13.3 Å². The van der Waals surface area contributed by atoms with Crippen molar-refractivity contribution in [3.05, 3.63) is 128 Å². The minimum atomic E-state index is 0.600. The first kappa shape index (κ1) is 23.4. The molecule has 6 nitrogen and oxygen atoms in total. The molecular formula is C38H21N3O3. The van der Waals surface area contributed by atoms with Crippen LogP contribution >= 0.6 is 0 Å². The van der Waals surface area contributed by atoms with E-state index in [0.29, 0.717) is 11.4 Å². The Morgan fingerprint density at radius 2 is 1.05 bits per heavy atom. The smallest absolute Gasteiger partial charge is 0.227 e. The average molecular weight is 568 g/mol. The van der Waals surface area contributed by atoms with Crippen molar-refractivity contribution in [1.29, 1.82) is 0 Å². The zero-order valence-corrected chi connectivity index (χ0v) is 23.2. The molecule has 10 rings (SSSR count). The molecule has 44 heavy (non-hydrogen) atoms. The number of benzene rings is 5. The van der Waals surface area contributed by atoms with E-state index >= 15 is 0 Å². The fraction of sp³-hybridized carbons (Fsp3) is 0. The van der Waals surface area contributed by atoms with Crippen molar-refractivity contribution in [3.8, 4) is 0 Å². The SMILES string of the molecule is c1ccc2c(c1)ccc1c2oc2cccc(N(c3cnc4oc5ccccc5c4c3)c3cnc4oc5ccccc5c4c3)c21. The zero-order chi connectivity index (χ0) is 28.8. The van der Waals surface area contributed by atoms with Gasteiger partial charge < -0.3 is 18.2 Å². The van der Waals surface area contributed by atoms with Crippen LogP contribution in [0.15, 0.2) is 141 Å². The minimum absolute atomic E-state index is 0.600. The highest BCUT2D eigenvalue weighted by molar-refractivity contribution is 6.20. The van der Waals surface area contributed by atoms with E-state index in [1.807, 2.05) is 60.9 Å². The van der Waals surface area contributed by atoms with E-state index < -0.39 is 0 Å². The van der Waals surface area contributed by atoms with Crippen LogP contribution in [0.3, 0.4) is 0 Å². The van der Waals surface area contributed by atoms with Crippen LogP contribution < -0.4 is 4.90 Å². The van der Waals surface area contributed by atoms with E-state index in [-0.39, 0.29) is 0 Å². The summed E-state index contributed by atoms with van der Waals surface area (Å²) in [7, 11) is 0. The number of hydrogen-bond donors (Lipinski definition) is 0. The number of rotatable bonds is 3. The molecule has 0 amide bonds. The normalized spacial score (nSPS) is 12.1. The van der Waals surface area contributed by atoms with Gasteiger partial charge in [0.1, 0.15) is 22.3 Å². The maximum Gasteiger partial charge on any atom is 0.227 e. The van der Waals surface area contributed by atoms with Gasteiger partial charge in [0.05, 0.1) is 45.6 Å². The molecule has 10 aromatic rings. The first-order valence-electron chi connectivity index (χ1n) is 14.5. The summed E-state index contributed by atoms with van der Waals surface area (Å²) in [5.41, 5.74) is 7.20. The molecule has 0 spiro atoms. The molecule has 0 unspecified atom stereocenters. The Bertz CT molecular complexity index is 2640. The number of nitrogens with zero attached hydrogens (tertiary/aromatic N) is 3. The Morgan fingerprint density at radius 3 is 1.73 bits per heavy atom. The monoisotopic (exact) mass is 567 g/mol. The van der Waals surface area contributed by atoms with Crippen LogP contribution in [0.2, 0.25) is 0 Å². The van der Waals surface area contributed by atoms with Crippen LogP contribution in [0.5, 0.6) is 0 Å². The lowest BCUT2D eigenvalue weighted by molar-refractivity contribution is 0.654. The fourth-order valence-electron chi connectivity index (χ4n) is 6.59. The first-order valence-corrected chi connectivity index (χ1v) is 14.5. The van der Waals surface area contributed by atoms with Gasteiger partial charge in [-0.1, -0.05) is 72.8 Å². The van der Waals surface area contributed by atoms with Gasteiger partial charge in [-0.2, -0.15) is 0 Å². The van der Waals surface area contributed by atoms with Crippen LogP contribution in [0.4, 0.5) is 17.1 Å². The minimum Gasteiger partial charge on any atom is -0.455 e. The van der Waals surface area contributed by atoms with E-state index in [9.17, 15) is 0 Å². The van der Waals surface area contributed by atoms with E-state index in [0.717, 1.165) is 82.5 Å². The Morgan fingerprint density at radius 1 is 0.455 bits per heavy atom. The Hall–Kier alpha value is -6.14. The molecule has 5 aromatic carbocycles. The molecule has 0 bridgehead atoms. The van der Waals surface area contributed by atoms with Gasteiger partial charge in [-0.3, -0.25) is 0 Å². The molecular weight excluding hydrogens is 546 g/mol. The second kappa shape index (κ2) is 8.69. The van der Waals surface area contributed by atoms with Crippen molar-refractivity contribution in [3.63, 3.8) is 0 Å². The number of fused-ring (bicyclic) bond motifs is 11. The molecule has 0 saturated carbocycles. The second-order valence-electron chi connectivity index (χ2n) is 11.0. The van der Waals surface area contributed by atoms with Gasteiger partial charge in [-0.25, -0.2) is 9.97 Å². The van der Waals surface area contributed by atoms with Crippen molar-refractivity contribution in [1.82, 2.24) is 9.97 Å². The third kappa shape index (κ3) is 3.25. The summed E-state index contributed by atoms with van der Waals surface area (Å²) in [6.07, 6.45) is 3.72. The number of aromatic nitrogens is 2. The molecule has 0 N–H and O–H groups in total. The fourth-order valence-corrected chi connectivity index (χ4v) is 6.59. The topological polar surface area (TPSA) is 68.4 Å². The highest BCUT2D eigenvalue weighted by Gasteiger charge is 2.23. The van der Waals surface area contributed by atoms with Gasteiger partial charge in [-0.05, 0) is 47.9 Å². The van der Waals surface area contributed by atoms with Gasteiger partial charge in [0.25, 0.3) is 0 Å². The predicted octanol–water partition coefficient (Wildman–Crippen LogP) is 10.8. The number of anilines is 3. The Labute approximate surface area is 249 Å².